The van der Waals surface area contributed by atoms with E-state index in [1.165, 1.54) is 0 Å². The van der Waals surface area contributed by atoms with E-state index in [0.717, 1.165) is 22.8 Å². The predicted molar refractivity (Wildman–Crippen MR) is 77.3 cm³/mol. The molecule has 0 saturated heterocycles. The summed E-state index contributed by atoms with van der Waals surface area (Å²) >= 11 is 1.55. The van der Waals surface area contributed by atoms with Crippen molar-refractivity contribution in [2.75, 3.05) is 0 Å². The Morgan fingerprint density at radius 1 is 1.15 bits per heavy atom. The normalized spacial score (nSPS) is 10.8. The molecule has 0 aliphatic heterocycles. The minimum Gasteiger partial charge on any atom is -0.424 e. The van der Waals surface area contributed by atoms with Crippen LogP contribution in [0.2, 0.25) is 0 Å². The molecule has 0 bridgehead atoms. The fourth-order valence-electron chi connectivity index (χ4n) is 1.76. The van der Waals surface area contributed by atoms with Gasteiger partial charge in [0.15, 0.2) is 5.16 Å². The number of nitrogens with zero attached hydrogens (tertiary/aromatic N) is 3. The second kappa shape index (κ2) is 5.92. The van der Waals surface area contributed by atoms with E-state index in [4.69, 9.17) is 4.42 Å². The zero-order valence-electron chi connectivity index (χ0n) is 11.0. The van der Waals surface area contributed by atoms with Crippen molar-refractivity contribution in [2.24, 2.45) is 0 Å². The molecule has 1 N–H and O–H groups in total. The Hall–Kier alpha value is -2.08. The smallest absolute Gasteiger partial charge is 0.226 e. The molecule has 0 atom stereocenters. The van der Waals surface area contributed by atoms with Crippen LogP contribution in [0.4, 0.5) is 0 Å². The second-order valence-corrected chi connectivity index (χ2v) is 5.16. The molecule has 5 nitrogen and oxygen atoms in total. The fourth-order valence-corrected chi connectivity index (χ4v) is 2.45. The van der Waals surface area contributed by atoms with Gasteiger partial charge in [-0.05, 0) is 5.56 Å². The van der Waals surface area contributed by atoms with Crippen molar-refractivity contribution in [3.8, 4) is 11.3 Å². The van der Waals surface area contributed by atoms with E-state index in [-0.39, 0.29) is 0 Å². The molecule has 0 unspecified atom stereocenters. The van der Waals surface area contributed by atoms with Gasteiger partial charge in [-0.15, -0.1) is 10.2 Å². The van der Waals surface area contributed by atoms with Crippen LogP contribution in [0.1, 0.15) is 18.7 Å². The van der Waals surface area contributed by atoms with Gasteiger partial charge in [-0.2, -0.15) is 0 Å². The predicted octanol–water partition coefficient (Wildman–Crippen LogP) is 3.31. The summed E-state index contributed by atoms with van der Waals surface area (Å²) in [6.07, 6.45) is 2.60. The highest BCUT2D eigenvalue weighted by molar-refractivity contribution is 7.98. The van der Waals surface area contributed by atoms with Gasteiger partial charge in [-0.25, -0.2) is 4.98 Å². The number of thioether (sulfide) groups is 1. The monoisotopic (exact) mass is 286 g/mol. The number of H-pyrrole nitrogens is 1. The van der Waals surface area contributed by atoms with Gasteiger partial charge in [0.25, 0.3) is 0 Å². The molecule has 0 aliphatic rings. The number of hydrogen-bond acceptors (Lipinski definition) is 5. The highest BCUT2D eigenvalue weighted by Crippen LogP contribution is 2.23. The summed E-state index contributed by atoms with van der Waals surface area (Å²) in [7, 11) is 0. The van der Waals surface area contributed by atoms with E-state index in [1.54, 1.807) is 11.8 Å². The van der Waals surface area contributed by atoms with Crippen molar-refractivity contribution in [3.63, 3.8) is 0 Å². The van der Waals surface area contributed by atoms with E-state index in [1.807, 2.05) is 43.5 Å². The van der Waals surface area contributed by atoms with Crippen molar-refractivity contribution in [2.45, 2.75) is 24.3 Å². The number of nitrogens with one attached hydrogen (secondary N) is 1. The van der Waals surface area contributed by atoms with Crippen molar-refractivity contribution < 1.29 is 4.42 Å². The van der Waals surface area contributed by atoms with Crippen LogP contribution >= 0.6 is 11.8 Å². The van der Waals surface area contributed by atoms with Crippen molar-refractivity contribution in [1.29, 1.82) is 0 Å². The topological polar surface area (TPSA) is 67.6 Å². The van der Waals surface area contributed by atoms with Crippen molar-refractivity contribution in [3.05, 3.63) is 48.3 Å². The number of hydrogen-bond donors (Lipinski definition) is 1. The van der Waals surface area contributed by atoms with Gasteiger partial charge in [-0.1, -0.05) is 49.0 Å². The molecular weight excluding hydrogens is 272 g/mol. The maximum Gasteiger partial charge on any atom is 0.226 e. The lowest BCUT2D eigenvalue weighted by atomic mass is 10.2. The third-order valence-corrected chi connectivity index (χ3v) is 3.65. The molecule has 2 heterocycles. The van der Waals surface area contributed by atoms with Crippen LogP contribution in [0.3, 0.4) is 0 Å². The zero-order chi connectivity index (χ0) is 13.8. The molecule has 102 valence electrons. The minimum atomic E-state index is 0.620. The first kappa shape index (κ1) is 12.9. The molecule has 0 aliphatic carbocycles. The molecule has 2 aromatic heterocycles. The van der Waals surface area contributed by atoms with Gasteiger partial charge in [0.2, 0.25) is 11.8 Å². The van der Waals surface area contributed by atoms with E-state index in [9.17, 15) is 0 Å². The van der Waals surface area contributed by atoms with Crippen molar-refractivity contribution >= 4 is 11.8 Å². The summed E-state index contributed by atoms with van der Waals surface area (Å²) in [4.78, 5) is 7.63. The Balaban J connectivity index is 1.65. The summed E-state index contributed by atoms with van der Waals surface area (Å²) < 4.78 is 5.46. The minimum absolute atomic E-state index is 0.620. The third-order valence-electron chi connectivity index (χ3n) is 2.78. The molecule has 0 spiro atoms. The van der Waals surface area contributed by atoms with Gasteiger partial charge in [-0.3, -0.25) is 0 Å². The molecular formula is C14H14N4OS. The highest BCUT2D eigenvalue weighted by atomic mass is 32.2. The Morgan fingerprint density at radius 2 is 1.95 bits per heavy atom. The summed E-state index contributed by atoms with van der Waals surface area (Å²) in [5, 5.41) is 8.77. The molecule has 3 aromatic rings. The first-order chi connectivity index (χ1) is 9.85. The Morgan fingerprint density at radius 3 is 2.70 bits per heavy atom. The van der Waals surface area contributed by atoms with E-state index in [2.05, 4.69) is 20.2 Å². The lowest BCUT2D eigenvalue weighted by Crippen LogP contribution is -1.82. The summed E-state index contributed by atoms with van der Waals surface area (Å²) in [5.41, 5.74) is 2.13. The number of aromatic nitrogens is 4. The first-order valence-electron chi connectivity index (χ1n) is 6.39. The maximum absolute atomic E-state index is 5.46. The number of aryl methyl sites for hydroxylation is 1. The maximum atomic E-state index is 5.46. The molecule has 0 fully saturated rings. The molecule has 0 saturated carbocycles. The van der Waals surface area contributed by atoms with Crippen LogP contribution < -0.4 is 0 Å². The largest absolute Gasteiger partial charge is 0.424 e. The average molecular weight is 286 g/mol. The van der Waals surface area contributed by atoms with Gasteiger partial charge in [0.1, 0.15) is 0 Å². The van der Waals surface area contributed by atoms with Gasteiger partial charge >= 0.3 is 0 Å². The van der Waals surface area contributed by atoms with Crippen LogP contribution in [-0.4, -0.2) is 20.2 Å². The number of rotatable bonds is 5. The van der Waals surface area contributed by atoms with Crippen LogP contribution in [0.15, 0.2) is 46.1 Å². The zero-order valence-corrected chi connectivity index (χ0v) is 11.9. The Kier molecular flexibility index (Phi) is 3.83. The summed E-state index contributed by atoms with van der Waals surface area (Å²) in [6.45, 7) is 1.99. The molecule has 20 heavy (non-hydrogen) atoms. The highest BCUT2D eigenvalue weighted by Gasteiger charge is 2.08. The molecule has 0 amide bonds. The van der Waals surface area contributed by atoms with E-state index < -0.39 is 0 Å². The summed E-state index contributed by atoms with van der Waals surface area (Å²) in [6, 6.07) is 10.1. The SMILES string of the molecule is CCc1nnc(CSc2ncc(-c3ccccc3)[nH]2)o1. The van der Waals surface area contributed by atoms with Crippen LogP contribution in [0.5, 0.6) is 0 Å². The average Bonchev–Trinajstić information content (AvgIpc) is 3.15. The molecule has 0 radical (unpaired) electrons. The fraction of sp³-hybridized carbons (Fsp3) is 0.214. The lowest BCUT2D eigenvalue weighted by Gasteiger charge is -1.96. The lowest BCUT2D eigenvalue weighted by molar-refractivity contribution is 0.470. The molecule has 6 heteroatoms. The van der Waals surface area contributed by atoms with Crippen LogP contribution in [-0.2, 0) is 12.2 Å². The van der Waals surface area contributed by atoms with Crippen molar-refractivity contribution in [1.82, 2.24) is 20.2 Å². The van der Waals surface area contributed by atoms with E-state index in [0.29, 0.717) is 17.5 Å². The van der Waals surface area contributed by atoms with E-state index >= 15 is 0 Å². The Labute approximate surface area is 120 Å². The van der Waals surface area contributed by atoms with Crippen LogP contribution in [0, 0.1) is 0 Å². The first-order valence-corrected chi connectivity index (χ1v) is 7.38. The number of benzene rings is 1. The van der Waals surface area contributed by atoms with Gasteiger partial charge < -0.3 is 9.40 Å². The number of aromatic amines is 1. The third kappa shape index (κ3) is 2.91. The standard InChI is InChI=1S/C14H14N4OS/c1-2-12-17-18-13(19-12)9-20-14-15-8-11(16-14)10-6-4-3-5-7-10/h3-8H,2,9H2,1H3,(H,15,16). The van der Waals surface area contributed by atoms with Gasteiger partial charge in [0.05, 0.1) is 17.6 Å². The molecule has 1 aromatic carbocycles. The number of imidazole rings is 1. The Bertz CT molecular complexity index is 677. The second-order valence-electron chi connectivity index (χ2n) is 4.20. The quantitative estimate of drug-likeness (QED) is 0.729. The van der Waals surface area contributed by atoms with Crippen LogP contribution in [0.25, 0.3) is 11.3 Å². The van der Waals surface area contributed by atoms with Gasteiger partial charge in [0, 0.05) is 6.42 Å². The summed E-state index contributed by atoms with van der Waals surface area (Å²) in [5.74, 6) is 1.92. The molecule has 3 rings (SSSR count).